The van der Waals surface area contributed by atoms with E-state index in [9.17, 15) is 26.0 Å². The number of rotatable bonds is 3. The molecule has 0 aliphatic heterocycles. The summed E-state index contributed by atoms with van der Waals surface area (Å²) in [5.41, 5.74) is -5.06. The number of hydrogen-bond acceptors (Lipinski definition) is 4. The minimum Gasteiger partial charge on any atom is -0.327 e. The maximum Gasteiger partial charge on any atom is 0.504 e. The van der Waals surface area contributed by atoms with Gasteiger partial charge in [-0.3, -0.25) is 0 Å². The van der Waals surface area contributed by atoms with Crippen LogP contribution in [0.1, 0.15) is 0 Å². The number of alkyl halides is 3. The van der Waals surface area contributed by atoms with Gasteiger partial charge in [0, 0.05) is 5.56 Å². The lowest BCUT2D eigenvalue weighted by Crippen LogP contribution is -2.24. The van der Waals surface area contributed by atoms with E-state index >= 15 is 0 Å². The van der Waals surface area contributed by atoms with Gasteiger partial charge in [-0.25, -0.2) is 17.8 Å². The Bertz CT molecular complexity index is 959. The number of benzene rings is 1. The van der Waals surface area contributed by atoms with Crippen molar-refractivity contribution < 1.29 is 26.0 Å². The van der Waals surface area contributed by atoms with E-state index < -0.39 is 26.3 Å². The van der Waals surface area contributed by atoms with Crippen LogP contribution in [0, 0.1) is 5.82 Å². The molecule has 0 amide bonds. The predicted molar refractivity (Wildman–Crippen MR) is 80.5 cm³/mol. The molecule has 0 aliphatic rings. The smallest absolute Gasteiger partial charge is 0.327 e. The summed E-state index contributed by atoms with van der Waals surface area (Å²) in [5.74, 6) is -0.532. The van der Waals surface area contributed by atoms with Crippen LogP contribution in [0.15, 0.2) is 46.9 Å². The Hall–Kier alpha value is -2.20. The van der Waals surface area contributed by atoms with Crippen LogP contribution in [0.5, 0.6) is 0 Å². The second-order valence-electron chi connectivity index (χ2n) is 4.70. The first-order valence-corrected chi connectivity index (χ1v) is 8.77. The molecule has 2 aromatic heterocycles. The molecule has 0 atom stereocenters. The van der Waals surface area contributed by atoms with Gasteiger partial charge in [-0.05, 0) is 35.7 Å². The number of hydrogen-bond donors (Lipinski definition) is 1. The number of aromatic nitrogens is 2. The van der Waals surface area contributed by atoms with E-state index in [2.05, 4.69) is 9.97 Å². The molecule has 1 N–H and O–H groups in total. The number of nitrogens with zero attached hydrogens (tertiary/aromatic N) is 1. The highest BCUT2D eigenvalue weighted by Gasteiger charge is 2.49. The van der Waals surface area contributed by atoms with E-state index in [0.29, 0.717) is 10.4 Å². The molecular formula is C14H8F4N2O2S2. The number of aromatic amines is 1. The molecule has 0 fully saturated rings. The first-order chi connectivity index (χ1) is 11.2. The van der Waals surface area contributed by atoms with Crippen molar-refractivity contribution >= 4 is 21.2 Å². The van der Waals surface area contributed by atoms with Crippen molar-refractivity contribution in [1.82, 2.24) is 9.97 Å². The fourth-order valence-electron chi connectivity index (χ4n) is 2.00. The first kappa shape index (κ1) is 16.7. The Labute approximate surface area is 137 Å². The molecule has 0 saturated carbocycles. The van der Waals surface area contributed by atoms with Gasteiger partial charge >= 0.3 is 15.3 Å². The van der Waals surface area contributed by atoms with Crippen LogP contribution in [0.2, 0.25) is 0 Å². The third-order valence-electron chi connectivity index (χ3n) is 3.13. The maximum atomic E-state index is 13.1. The first-order valence-electron chi connectivity index (χ1n) is 6.41. The van der Waals surface area contributed by atoms with Gasteiger partial charge in [0.1, 0.15) is 5.82 Å². The van der Waals surface area contributed by atoms with E-state index in [4.69, 9.17) is 0 Å². The Balaban J connectivity index is 2.23. The van der Waals surface area contributed by atoms with E-state index in [1.165, 1.54) is 23.5 Å². The molecule has 24 heavy (non-hydrogen) atoms. The predicted octanol–water partition coefficient (Wildman–Crippen LogP) is 4.24. The summed E-state index contributed by atoms with van der Waals surface area (Å²) >= 11 is 1.20. The zero-order chi connectivity index (χ0) is 17.5. The molecule has 0 unspecified atom stereocenters. The number of sulfone groups is 1. The van der Waals surface area contributed by atoms with E-state index in [1.807, 2.05) is 0 Å². The van der Waals surface area contributed by atoms with Crippen LogP contribution in [0.4, 0.5) is 17.6 Å². The van der Waals surface area contributed by atoms with Crippen LogP contribution >= 0.6 is 11.3 Å². The number of nitrogens with one attached hydrogen (secondary N) is 1. The van der Waals surface area contributed by atoms with Gasteiger partial charge < -0.3 is 4.98 Å². The molecule has 10 heteroatoms. The van der Waals surface area contributed by atoms with Crippen molar-refractivity contribution in [2.75, 3.05) is 0 Å². The topological polar surface area (TPSA) is 62.8 Å². The molecule has 1 aromatic carbocycles. The summed E-state index contributed by atoms with van der Waals surface area (Å²) in [6.45, 7) is 0. The van der Waals surface area contributed by atoms with Gasteiger partial charge in [-0.2, -0.15) is 13.2 Å². The Kier molecular flexibility index (Phi) is 3.96. The average Bonchev–Trinajstić information content (AvgIpc) is 3.16. The summed E-state index contributed by atoms with van der Waals surface area (Å²) in [5, 5.41) is 0.487. The molecule has 0 radical (unpaired) electrons. The molecule has 2 heterocycles. The van der Waals surface area contributed by atoms with Crippen LogP contribution in [-0.2, 0) is 9.84 Å². The van der Waals surface area contributed by atoms with Gasteiger partial charge in [0.05, 0.1) is 16.3 Å². The Morgan fingerprint density at radius 1 is 1.08 bits per heavy atom. The van der Waals surface area contributed by atoms with Crippen LogP contribution < -0.4 is 0 Å². The Morgan fingerprint density at radius 3 is 2.29 bits per heavy atom. The highest BCUT2D eigenvalue weighted by Crippen LogP contribution is 2.36. The second kappa shape index (κ2) is 5.71. The Morgan fingerprint density at radius 2 is 1.75 bits per heavy atom. The average molecular weight is 376 g/mol. The highest BCUT2D eigenvalue weighted by atomic mass is 32.2. The van der Waals surface area contributed by atoms with Crippen molar-refractivity contribution in [3.8, 4) is 21.8 Å². The van der Waals surface area contributed by atoms with Crippen molar-refractivity contribution in [3.05, 3.63) is 47.6 Å². The number of halogens is 4. The molecule has 0 bridgehead atoms. The lowest BCUT2D eigenvalue weighted by atomic mass is 10.1. The fourth-order valence-corrected chi connectivity index (χ4v) is 3.40. The molecule has 0 spiro atoms. The van der Waals surface area contributed by atoms with Gasteiger partial charge in [0.25, 0.3) is 0 Å². The standard InChI is InChI=1S/C14H8F4N2O2S2/c15-9-5-3-8(4-6-9)11-12(10-2-1-7-23-10)20-13(19-11)24(21,22)14(16,17)18/h1-7H,(H,19,20). The van der Waals surface area contributed by atoms with Gasteiger partial charge in [-0.15, -0.1) is 11.3 Å². The molecule has 3 rings (SSSR count). The normalized spacial score (nSPS) is 12.5. The molecule has 3 aromatic rings. The number of H-pyrrole nitrogens is 1. The molecule has 4 nitrogen and oxygen atoms in total. The van der Waals surface area contributed by atoms with Crippen molar-refractivity contribution in [3.63, 3.8) is 0 Å². The van der Waals surface area contributed by atoms with Crippen molar-refractivity contribution in [1.29, 1.82) is 0 Å². The molecule has 126 valence electrons. The summed E-state index contributed by atoms with van der Waals surface area (Å²) in [6.07, 6.45) is 0. The molecule has 0 aliphatic carbocycles. The van der Waals surface area contributed by atoms with Gasteiger partial charge in [0.15, 0.2) is 0 Å². The third kappa shape index (κ3) is 2.82. The van der Waals surface area contributed by atoms with E-state index in [-0.39, 0.29) is 11.4 Å². The quantitative estimate of drug-likeness (QED) is 0.696. The van der Waals surface area contributed by atoms with E-state index in [0.717, 1.165) is 12.1 Å². The van der Waals surface area contributed by atoms with Crippen molar-refractivity contribution in [2.45, 2.75) is 10.7 Å². The second-order valence-corrected chi connectivity index (χ2v) is 7.50. The minimum atomic E-state index is -5.62. The van der Waals surface area contributed by atoms with Crippen LogP contribution in [0.3, 0.4) is 0 Å². The summed E-state index contributed by atoms with van der Waals surface area (Å²) in [4.78, 5) is 6.37. The summed E-state index contributed by atoms with van der Waals surface area (Å²) < 4.78 is 74.5. The molecular weight excluding hydrogens is 368 g/mol. The van der Waals surface area contributed by atoms with Crippen molar-refractivity contribution in [2.24, 2.45) is 0 Å². The molecule has 0 saturated heterocycles. The minimum absolute atomic E-state index is 0.000255. The van der Waals surface area contributed by atoms with Crippen LogP contribution in [-0.4, -0.2) is 23.9 Å². The SMILES string of the molecule is O=S(=O)(c1nc(-c2ccc(F)cc2)c(-c2cccs2)[nH]1)C(F)(F)F. The maximum absolute atomic E-state index is 13.1. The summed E-state index contributed by atoms with van der Waals surface area (Å²) in [7, 11) is -5.62. The van der Waals surface area contributed by atoms with Gasteiger partial charge in [0.2, 0.25) is 5.16 Å². The lowest BCUT2D eigenvalue weighted by Gasteiger charge is -2.04. The van der Waals surface area contributed by atoms with Gasteiger partial charge in [-0.1, -0.05) is 6.07 Å². The fraction of sp³-hybridized carbons (Fsp3) is 0.0714. The van der Waals surface area contributed by atoms with Crippen LogP contribution in [0.25, 0.3) is 21.8 Å². The largest absolute Gasteiger partial charge is 0.504 e. The third-order valence-corrected chi connectivity index (χ3v) is 5.33. The summed E-state index contributed by atoms with van der Waals surface area (Å²) in [6, 6.07) is 8.11. The number of thiophene rings is 1. The monoisotopic (exact) mass is 376 g/mol. The number of imidazole rings is 1. The van der Waals surface area contributed by atoms with E-state index in [1.54, 1.807) is 17.5 Å². The highest BCUT2D eigenvalue weighted by molar-refractivity contribution is 7.92. The zero-order valence-corrected chi connectivity index (χ0v) is 13.3. The lowest BCUT2D eigenvalue weighted by molar-refractivity contribution is -0.0439. The zero-order valence-electron chi connectivity index (χ0n) is 11.6.